The number of nitrogens with two attached hydrogens (primary N) is 1. The van der Waals surface area contributed by atoms with Gasteiger partial charge in [0.05, 0.1) is 12.0 Å². The number of thiophene rings is 1. The van der Waals surface area contributed by atoms with Gasteiger partial charge in [0.15, 0.2) is 0 Å². The molecule has 1 amide bonds. The van der Waals surface area contributed by atoms with Crippen molar-refractivity contribution in [2.24, 2.45) is 5.84 Å². The molecule has 0 fully saturated rings. The van der Waals surface area contributed by atoms with E-state index < -0.39 is 0 Å². The Morgan fingerprint density at radius 3 is 2.48 bits per heavy atom. The molecule has 2 rings (SSSR count). The van der Waals surface area contributed by atoms with Gasteiger partial charge in [0.1, 0.15) is 12.4 Å². The van der Waals surface area contributed by atoms with Gasteiger partial charge in [-0.15, -0.1) is 11.3 Å². The van der Waals surface area contributed by atoms with Crippen molar-refractivity contribution in [3.63, 3.8) is 0 Å². The van der Waals surface area contributed by atoms with E-state index in [4.69, 9.17) is 10.6 Å². The average Bonchev–Trinajstić information content (AvgIpc) is 2.78. The van der Waals surface area contributed by atoms with Crippen LogP contribution in [0.5, 0.6) is 5.75 Å². The number of rotatable bonds is 4. The summed E-state index contributed by atoms with van der Waals surface area (Å²) in [6.07, 6.45) is 0. The summed E-state index contributed by atoms with van der Waals surface area (Å²) in [5.74, 6) is 5.77. The maximum Gasteiger partial charge on any atom is 0.275 e. The van der Waals surface area contributed by atoms with Gasteiger partial charge in [-0.1, -0.05) is 0 Å². The predicted molar refractivity (Wildman–Crippen MR) is 110 cm³/mol. The lowest BCUT2D eigenvalue weighted by Gasteiger charge is -2.10. The Bertz CT molecular complexity index is 665. The highest BCUT2D eigenvalue weighted by Gasteiger charge is 2.13. The van der Waals surface area contributed by atoms with Crippen molar-refractivity contribution < 1.29 is 9.53 Å². The molecule has 0 spiro atoms. The van der Waals surface area contributed by atoms with Crippen LogP contribution in [0.3, 0.4) is 0 Å². The molecular weight excluding hydrogens is 629 g/mol. The van der Waals surface area contributed by atoms with E-state index in [0.29, 0.717) is 11.5 Å². The highest BCUT2D eigenvalue weighted by Crippen LogP contribution is 2.31. The van der Waals surface area contributed by atoms with Crippen molar-refractivity contribution in [1.82, 2.24) is 5.43 Å². The second-order valence-corrected chi connectivity index (χ2v) is 8.98. The zero-order valence-electron chi connectivity index (χ0n) is 10.9. The molecule has 0 atom stereocenters. The quantitative estimate of drug-likeness (QED) is 0.230. The van der Waals surface area contributed by atoms with Gasteiger partial charge in [-0.3, -0.25) is 10.2 Å². The Hall–Kier alpha value is 0.340. The lowest BCUT2D eigenvalue weighted by molar-refractivity contribution is 0.0957. The predicted octanol–water partition coefficient (Wildman–Crippen LogP) is 4.05. The van der Waals surface area contributed by atoms with E-state index >= 15 is 0 Å². The molecule has 1 heterocycles. The Morgan fingerprint density at radius 1 is 1.29 bits per heavy atom. The minimum atomic E-state index is -0.271. The first-order valence-electron chi connectivity index (χ1n) is 5.80. The minimum absolute atomic E-state index is 0.271. The number of amides is 1. The number of hydrogen-bond donors (Lipinski definition) is 2. The van der Waals surface area contributed by atoms with E-state index in [2.05, 4.69) is 85.3 Å². The van der Waals surface area contributed by atoms with Crippen LogP contribution in [0.2, 0.25) is 0 Å². The number of benzene rings is 1. The maximum atomic E-state index is 11.5. The van der Waals surface area contributed by atoms with Gasteiger partial charge >= 0.3 is 0 Å². The largest absolute Gasteiger partial charge is 0.487 e. The molecule has 8 heteroatoms. The van der Waals surface area contributed by atoms with E-state index in [1.165, 1.54) is 14.9 Å². The number of ether oxygens (including phenoxy) is 1. The molecule has 4 nitrogen and oxygen atoms in total. The van der Waals surface area contributed by atoms with Crippen LogP contribution in [0, 0.1) is 17.6 Å². The molecule has 0 aliphatic heterocycles. The highest BCUT2D eigenvalue weighted by molar-refractivity contribution is 14.1. The maximum absolute atomic E-state index is 11.5. The third-order valence-electron chi connectivity index (χ3n) is 2.71. The molecule has 0 saturated heterocycles. The van der Waals surface area contributed by atoms with Crippen LogP contribution in [0.4, 0.5) is 0 Å². The number of hydrogen-bond acceptors (Lipinski definition) is 4. The van der Waals surface area contributed by atoms with Crippen LogP contribution in [-0.2, 0) is 6.61 Å². The standard InChI is InChI=1S/C13H11I3N2O2S/c1-6-7(2-11(21-6)13(19)18-17)5-20-12-9(15)3-8(14)4-10(12)16/h2-4H,5,17H2,1H3,(H,18,19). The first kappa shape index (κ1) is 17.7. The number of nitrogens with one attached hydrogen (secondary N) is 1. The number of halogens is 3. The Morgan fingerprint density at radius 2 is 1.90 bits per heavy atom. The van der Waals surface area contributed by atoms with E-state index in [1.54, 1.807) is 0 Å². The lowest BCUT2D eigenvalue weighted by Crippen LogP contribution is -2.29. The molecule has 21 heavy (non-hydrogen) atoms. The number of aryl methyl sites for hydroxylation is 1. The lowest BCUT2D eigenvalue weighted by atomic mass is 10.2. The monoisotopic (exact) mass is 640 g/mol. The van der Waals surface area contributed by atoms with E-state index in [9.17, 15) is 4.79 Å². The molecule has 0 aliphatic rings. The number of carbonyl (C=O) groups is 1. The molecule has 1 aromatic heterocycles. The van der Waals surface area contributed by atoms with Gasteiger partial charge in [-0.2, -0.15) is 0 Å². The second kappa shape index (κ2) is 7.75. The van der Waals surface area contributed by atoms with Crippen molar-refractivity contribution in [2.45, 2.75) is 13.5 Å². The summed E-state index contributed by atoms with van der Waals surface area (Å²) in [6, 6.07) is 5.98. The van der Waals surface area contributed by atoms with Gasteiger partial charge in [0.25, 0.3) is 5.91 Å². The molecule has 0 radical (unpaired) electrons. The van der Waals surface area contributed by atoms with Crippen molar-refractivity contribution >= 4 is 85.0 Å². The third kappa shape index (κ3) is 4.42. The van der Waals surface area contributed by atoms with Gasteiger partial charge in [0, 0.05) is 14.0 Å². The van der Waals surface area contributed by atoms with Crippen LogP contribution >= 0.6 is 79.1 Å². The zero-order chi connectivity index (χ0) is 15.6. The van der Waals surface area contributed by atoms with Crippen LogP contribution in [-0.4, -0.2) is 5.91 Å². The summed E-state index contributed by atoms with van der Waals surface area (Å²) in [5.41, 5.74) is 3.15. The molecule has 0 saturated carbocycles. The van der Waals surface area contributed by atoms with Crippen molar-refractivity contribution in [3.05, 3.63) is 44.2 Å². The fourth-order valence-electron chi connectivity index (χ4n) is 1.66. The van der Waals surface area contributed by atoms with Crippen LogP contribution in [0.25, 0.3) is 0 Å². The number of nitrogen functional groups attached to an aromatic ring is 1. The topological polar surface area (TPSA) is 64.4 Å². The molecular formula is C13H11I3N2O2S. The van der Waals surface area contributed by atoms with Crippen molar-refractivity contribution in [2.75, 3.05) is 0 Å². The fourth-order valence-corrected chi connectivity index (χ4v) is 6.49. The SMILES string of the molecule is Cc1sc(C(=O)NN)cc1COc1c(I)cc(I)cc1I. The summed E-state index contributed by atoms with van der Waals surface area (Å²) >= 11 is 8.25. The third-order valence-corrected chi connectivity index (χ3v) is 6.03. The van der Waals surface area contributed by atoms with Crippen LogP contribution < -0.4 is 16.0 Å². The zero-order valence-corrected chi connectivity index (χ0v) is 18.2. The smallest absolute Gasteiger partial charge is 0.275 e. The average molecular weight is 640 g/mol. The van der Waals surface area contributed by atoms with Gasteiger partial charge in [-0.25, -0.2) is 5.84 Å². The molecule has 0 aliphatic carbocycles. The van der Waals surface area contributed by atoms with Crippen LogP contribution in [0.15, 0.2) is 18.2 Å². The van der Waals surface area contributed by atoms with Crippen molar-refractivity contribution in [1.29, 1.82) is 0 Å². The highest BCUT2D eigenvalue weighted by atomic mass is 127. The first-order chi connectivity index (χ1) is 9.92. The van der Waals surface area contributed by atoms with Crippen LogP contribution in [0.1, 0.15) is 20.1 Å². The van der Waals surface area contributed by atoms with E-state index in [1.807, 2.05) is 13.0 Å². The molecule has 0 unspecified atom stereocenters. The fraction of sp³-hybridized carbons (Fsp3) is 0.154. The molecule has 0 bridgehead atoms. The van der Waals surface area contributed by atoms with Gasteiger partial charge in [0.2, 0.25) is 0 Å². The minimum Gasteiger partial charge on any atom is -0.487 e. The number of carbonyl (C=O) groups excluding carboxylic acids is 1. The molecule has 1 aromatic carbocycles. The van der Waals surface area contributed by atoms with E-state index in [-0.39, 0.29) is 5.91 Å². The summed E-state index contributed by atoms with van der Waals surface area (Å²) in [7, 11) is 0. The first-order valence-corrected chi connectivity index (χ1v) is 9.85. The van der Waals surface area contributed by atoms with E-state index in [0.717, 1.165) is 23.3 Å². The molecule has 3 N–H and O–H groups in total. The van der Waals surface area contributed by atoms with Gasteiger partial charge < -0.3 is 4.74 Å². The van der Waals surface area contributed by atoms with Crippen molar-refractivity contribution in [3.8, 4) is 5.75 Å². The summed E-state index contributed by atoms with van der Waals surface area (Å²) in [5, 5.41) is 0. The summed E-state index contributed by atoms with van der Waals surface area (Å²) < 4.78 is 9.28. The summed E-state index contributed by atoms with van der Waals surface area (Å²) in [6.45, 7) is 2.41. The summed E-state index contributed by atoms with van der Waals surface area (Å²) in [4.78, 5) is 13.2. The molecule has 112 valence electrons. The van der Waals surface area contributed by atoms with Gasteiger partial charge in [-0.05, 0) is 92.9 Å². The Kier molecular flexibility index (Phi) is 6.52. The second-order valence-electron chi connectivity index (χ2n) is 4.15. The molecule has 2 aromatic rings. The number of hydrazine groups is 1. The Labute approximate surface area is 167 Å². The normalized spacial score (nSPS) is 10.5. The Balaban J connectivity index is 2.17.